The molecule has 1 aromatic heterocycles. The zero-order valence-electron chi connectivity index (χ0n) is 12.5. The highest BCUT2D eigenvalue weighted by atomic mass is 16.5. The minimum absolute atomic E-state index is 0.189. The number of hydrogen-bond donors (Lipinski definition) is 1. The number of rotatable bonds is 4. The van der Waals surface area contributed by atoms with E-state index in [9.17, 15) is 0 Å². The third-order valence-corrected chi connectivity index (χ3v) is 3.61. The van der Waals surface area contributed by atoms with Crippen LogP contribution in [0.15, 0.2) is 36.7 Å². The van der Waals surface area contributed by atoms with Gasteiger partial charge in [-0.2, -0.15) is 0 Å². The van der Waals surface area contributed by atoms with Gasteiger partial charge in [-0.1, -0.05) is 0 Å². The van der Waals surface area contributed by atoms with Crippen LogP contribution in [-0.4, -0.2) is 22.6 Å². The molecule has 4 heteroatoms. The van der Waals surface area contributed by atoms with Crippen molar-refractivity contribution < 1.29 is 4.74 Å². The third-order valence-electron chi connectivity index (χ3n) is 3.61. The SMILES string of the molecule is CC(C)Oc1ccc(-c2cnc(C3CCCN3)cn2)cc1. The summed E-state index contributed by atoms with van der Waals surface area (Å²) in [6, 6.07) is 8.37. The lowest BCUT2D eigenvalue weighted by Gasteiger charge is -2.11. The molecule has 1 saturated heterocycles. The molecule has 3 rings (SSSR count). The highest BCUT2D eigenvalue weighted by Gasteiger charge is 2.17. The van der Waals surface area contributed by atoms with Gasteiger partial charge in [0.2, 0.25) is 0 Å². The van der Waals surface area contributed by atoms with Crippen molar-refractivity contribution in [2.75, 3.05) is 6.54 Å². The summed E-state index contributed by atoms with van der Waals surface area (Å²) in [5.41, 5.74) is 2.99. The predicted molar refractivity (Wildman–Crippen MR) is 83.2 cm³/mol. The Morgan fingerprint density at radius 2 is 1.95 bits per heavy atom. The summed E-state index contributed by atoms with van der Waals surface area (Å²) in [4.78, 5) is 9.09. The van der Waals surface area contributed by atoms with Gasteiger partial charge in [-0.25, -0.2) is 0 Å². The van der Waals surface area contributed by atoms with E-state index >= 15 is 0 Å². The molecular formula is C17H21N3O. The number of hydrogen-bond acceptors (Lipinski definition) is 4. The highest BCUT2D eigenvalue weighted by molar-refractivity contribution is 5.59. The van der Waals surface area contributed by atoms with Crippen molar-refractivity contribution in [1.29, 1.82) is 0 Å². The molecule has 0 aliphatic carbocycles. The zero-order chi connectivity index (χ0) is 14.7. The zero-order valence-corrected chi connectivity index (χ0v) is 12.5. The van der Waals surface area contributed by atoms with Crippen molar-refractivity contribution in [3.05, 3.63) is 42.4 Å². The fourth-order valence-electron chi connectivity index (χ4n) is 2.58. The molecule has 21 heavy (non-hydrogen) atoms. The molecule has 0 saturated carbocycles. The van der Waals surface area contributed by atoms with E-state index in [2.05, 4.69) is 15.3 Å². The first-order chi connectivity index (χ1) is 10.2. The van der Waals surface area contributed by atoms with Crippen molar-refractivity contribution in [2.24, 2.45) is 0 Å². The fourth-order valence-corrected chi connectivity index (χ4v) is 2.58. The van der Waals surface area contributed by atoms with Crippen LogP contribution < -0.4 is 10.1 Å². The monoisotopic (exact) mass is 283 g/mol. The largest absolute Gasteiger partial charge is 0.491 e. The van der Waals surface area contributed by atoms with Crippen LogP contribution in [0.25, 0.3) is 11.3 Å². The first-order valence-corrected chi connectivity index (χ1v) is 7.55. The van der Waals surface area contributed by atoms with E-state index < -0.39 is 0 Å². The molecule has 1 aliphatic rings. The summed E-state index contributed by atoms with van der Waals surface area (Å²) in [5, 5.41) is 3.44. The standard InChI is InChI=1S/C17H21N3O/c1-12(2)21-14-7-5-13(6-8-14)16-10-20-17(11-19-16)15-4-3-9-18-15/h5-8,10-12,15,18H,3-4,9H2,1-2H3. The Labute approximate surface area is 125 Å². The van der Waals surface area contributed by atoms with Crippen LogP contribution in [0.5, 0.6) is 5.75 Å². The van der Waals surface area contributed by atoms with Crippen molar-refractivity contribution in [3.8, 4) is 17.0 Å². The Morgan fingerprint density at radius 3 is 2.52 bits per heavy atom. The van der Waals surface area contributed by atoms with Crippen molar-refractivity contribution in [2.45, 2.75) is 38.8 Å². The Bertz CT molecular complexity index is 572. The number of ether oxygens (including phenoxy) is 1. The minimum Gasteiger partial charge on any atom is -0.491 e. The van der Waals surface area contributed by atoms with Crippen LogP contribution >= 0.6 is 0 Å². The second-order valence-electron chi connectivity index (χ2n) is 5.67. The maximum atomic E-state index is 5.65. The minimum atomic E-state index is 0.189. The van der Waals surface area contributed by atoms with E-state index in [-0.39, 0.29) is 6.10 Å². The number of nitrogens with zero attached hydrogens (tertiary/aromatic N) is 2. The normalized spacial score (nSPS) is 18.1. The van der Waals surface area contributed by atoms with Crippen LogP contribution in [-0.2, 0) is 0 Å². The Balaban J connectivity index is 1.74. The lowest BCUT2D eigenvalue weighted by Crippen LogP contribution is -2.14. The summed E-state index contributed by atoms with van der Waals surface area (Å²) >= 11 is 0. The first kappa shape index (κ1) is 14.0. The van der Waals surface area contributed by atoms with Crippen LogP contribution in [0.3, 0.4) is 0 Å². The van der Waals surface area contributed by atoms with Crippen LogP contribution in [0, 0.1) is 0 Å². The molecule has 1 aromatic carbocycles. The van der Waals surface area contributed by atoms with Gasteiger partial charge in [0.05, 0.1) is 35.9 Å². The van der Waals surface area contributed by atoms with E-state index in [1.165, 1.54) is 6.42 Å². The fraction of sp³-hybridized carbons (Fsp3) is 0.412. The lowest BCUT2D eigenvalue weighted by molar-refractivity contribution is 0.242. The molecule has 0 radical (unpaired) electrons. The average molecular weight is 283 g/mol. The maximum Gasteiger partial charge on any atom is 0.119 e. The predicted octanol–water partition coefficient (Wildman–Crippen LogP) is 3.36. The molecule has 1 N–H and O–H groups in total. The van der Waals surface area contributed by atoms with E-state index in [0.29, 0.717) is 6.04 Å². The van der Waals surface area contributed by atoms with Gasteiger partial charge in [-0.3, -0.25) is 9.97 Å². The molecule has 0 spiro atoms. The summed E-state index contributed by atoms with van der Waals surface area (Å²) < 4.78 is 5.65. The molecule has 2 aromatic rings. The lowest BCUT2D eigenvalue weighted by atomic mass is 10.1. The quantitative estimate of drug-likeness (QED) is 0.934. The Hall–Kier alpha value is -1.94. The van der Waals surface area contributed by atoms with Gasteiger partial charge < -0.3 is 10.1 Å². The summed E-state index contributed by atoms with van der Waals surface area (Å²) in [7, 11) is 0. The molecule has 2 heterocycles. The second-order valence-corrected chi connectivity index (χ2v) is 5.67. The Kier molecular flexibility index (Phi) is 4.15. The summed E-state index contributed by atoms with van der Waals surface area (Å²) in [6.45, 7) is 5.12. The smallest absolute Gasteiger partial charge is 0.119 e. The van der Waals surface area contributed by atoms with E-state index in [1.807, 2.05) is 50.5 Å². The molecule has 1 fully saturated rings. The summed E-state index contributed by atoms with van der Waals surface area (Å²) in [6.07, 6.45) is 6.29. The van der Waals surface area contributed by atoms with Crippen LogP contribution in [0.4, 0.5) is 0 Å². The van der Waals surface area contributed by atoms with Gasteiger partial charge in [-0.15, -0.1) is 0 Å². The highest BCUT2D eigenvalue weighted by Crippen LogP contribution is 2.24. The van der Waals surface area contributed by atoms with Gasteiger partial charge in [0.1, 0.15) is 5.75 Å². The van der Waals surface area contributed by atoms with Crippen molar-refractivity contribution >= 4 is 0 Å². The molecule has 110 valence electrons. The number of aromatic nitrogens is 2. The average Bonchev–Trinajstić information content (AvgIpc) is 3.02. The third kappa shape index (κ3) is 3.39. The second kappa shape index (κ2) is 6.22. The number of benzene rings is 1. The molecule has 0 bridgehead atoms. The molecular weight excluding hydrogens is 262 g/mol. The van der Waals surface area contributed by atoms with E-state index in [4.69, 9.17) is 4.74 Å². The Morgan fingerprint density at radius 1 is 1.14 bits per heavy atom. The van der Waals surface area contributed by atoms with Crippen molar-refractivity contribution in [3.63, 3.8) is 0 Å². The van der Waals surface area contributed by atoms with Gasteiger partial charge in [0, 0.05) is 5.56 Å². The van der Waals surface area contributed by atoms with E-state index in [0.717, 1.165) is 35.7 Å². The molecule has 0 amide bonds. The molecule has 1 atom stereocenters. The van der Waals surface area contributed by atoms with Gasteiger partial charge >= 0.3 is 0 Å². The first-order valence-electron chi connectivity index (χ1n) is 7.55. The van der Waals surface area contributed by atoms with Gasteiger partial charge in [0.25, 0.3) is 0 Å². The van der Waals surface area contributed by atoms with Gasteiger partial charge in [-0.05, 0) is 57.5 Å². The van der Waals surface area contributed by atoms with Crippen LogP contribution in [0.1, 0.15) is 38.4 Å². The molecule has 1 aliphatic heterocycles. The number of nitrogens with one attached hydrogen (secondary N) is 1. The maximum absolute atomic E-state index is 5.65. The molecule has 4 nitrogen and oxygen atoms in total. The van der Waals surface area contributed by atoms with Gasteiger partial charge in [0.15, 0.2) is 0 Å². The summed E-state index contributed by atoms with van der Waals surface area (Å²) in [5.74, 6) is 0.883. The topological polar surface area (TPSA) is 47.0 Å². The van der Waals surface area contributed by atoms with E-state index in [1.54, 1.807) is 0 Å². The van der Waals surface area contributed by atoms with Crippen molar-refractivity contribution in [1.82, 2.24) is 15.3 Å². The molecule has 1 unspecified atom stereocenters. The van der Waals surface area contributed by atoms with Crippen LogP contribution in [0.2, 0.25) is 0 Å².